The average Bonchev–Trinajstić information content (AvgIpc) is 3.16. The number of carboxylic acids is 1. The van der Waals surface area contributed by atoms with Gasteiger partial charge in [0.05, 0.1) is 19.1 Å². The molecule has 0 radical (unpaired) electrons. The summed E-state index contributed by atoms with van der Waals surface area (Å²) in [6.45, 7) is 2.70. The molecule has 1 N–H and O–H groups in total. The van der Waals surface area contributed by atoms with Gasteiger partial charge in [-0.05, 0) is 17.7 Å². The number of ether oxygens (including phenoxy) is 2. The Kier molecular flexibility index (Phi) is 5.30. The van der Waals surface area contributed by atoms with Gasteiger partial charge in [0.1, 0.15) is 11.9 Å². The van der Waals surface area contributed by atoms with Crippen molar-refractivity contribution in [1.29, 1.82) is 0 Å². The first-order chi connectivity index (χ1) is 13.2. The molecule has 0 aliphatic carbocycles. The fraction of sp³-hybridized carbons (Fsp3) is 0.409. The molecule has 27 heavy (non-hydrogen) atoms. The fourth-order valence-corrected chi connectivity index (χ4v) is 4.04. The SMILES string of the molecule is O=C(O)C1CN(c2cccc(OC3CCOCC3)c2)CC1c1ccccc1. The first-order valence-electron chi connectivity index (χ1n) is 9.58. The van der Waals surface area contributed by atoms with Crippen LogP contribution in [0.3, 0.4) is 0 Å². The zero-order chi connectivity index (χ0) is 18.6. The molecule has 2 aliphatic heterocycles. The summed E-state index contributed by atoms with van der Waals surface area (Å²) in [6.07, 6.45) is 2.01. The van der Waals surface area contributed by atoms with Crippen molar-refractivity contribution in [1.82, 2.24) is 0 Å². The van der Waals surface area contributed by atoms with Gasteiger partial charge in [0.15, 0.2) is 0 Å². The van der Waals surface area contributed by atoms with Crippen molar-refractivity contribution >= 4 is 11.7 Å². The zero-order valence-corrected chi connectivity index (χ0v) is 15.3. The van der Waals surface area contributed by atoms with E-state index in [1.165, 1.54) is 0 Å². The van der Waals surface area contributed by atoms with Crippen molar-refractivity contribution in [3.05, 3.63) is 60.2 Å². The van der Waals surface area contributed by atoms with E-state index in [4.69, 9.17) is 9.47 Å². The molecular formula is C22H25NO4. The Labute approximate surface area is 159 Å². The van der Waals surface area contributed by atoms with Gasteiger partial charge >= 0.3 is 5.97 Å². The molecule has 2 aromatic rings. The third kappa shape index (κ3) is 4.08. The maximum Gasteiger partial charge on any atom is 0.308 e. The van der Waals surface area contributed by atoms with Crippen LogP contribution in [-0.2, 0) is 9.53 Å². The van der Waals surface area contributed by atoms with Gasteiger partial charge in [-0.3, -0.25) is 4.79 Å². The molecule has 2 fully saturated rings. The second-order valence-corrected chi connectivity index (χ2v) is 7.29. The van der Waals surface area contributed by atoms with Crippen LogP contribution in [0, 0.1) is 5.92 Å². The molecule has 0 spiro atoms. The quantitative estimate of drug-likeness (QED) is 0.876. The van der Waals surface area contributed by atoms with E-state index in [1.54, 1.807) is 0 Å². The minimum absolute atomic E-state index is 0.0104. The highest BCUT2D eigenvalue weighted by atomic mass is 16.5. The molecule has 0 bridgehead atoms. The molecular weight excluding hydrogens is 342 g/mol. The van der Waals surface area contributed by atoms with E-state index in [9.17, 15) is 9.90 Å². The van der Waals surface area contributed by atoms with Crippen LogP contribution in [-0.4, -0.2) is 43.5 Å². The standard InChI is InChI=1S/C22H25NO4/c24-22(25)21-15-23(14-20(21)16-5-2-1-3-6-16)17-7-4-8-19(13-17)27-18-9-11-26-12-10-18/h1-8,13,18,20-21H,9-12,14-15H2,(H,24,25). The van der Waals surface area contributed by atoms with Crippen LogP contribution in [0.15, 0.2) is 54.6 Å². The Morgan fingerprint density at radius 2 is 1.81 bits per heavy atom. The van der Waals surface area contributed by atoms with Gasteiger partial charge in [0, 0.05) is 43.6 Å². The van der Waals surface area contributed by atoms with Crippen LogP contribution in [0.1, 0.15) is 24.3 Å². The highest BCUT2D eigenvalue weighted by Crippen LogP contribution is 2.36. The van der Waals surface area contributed by atoms with Crippen LogP contribution in [0.5, 0.6) is 5.75 Å². The average molecular weight is 367 g/mol. The molecule has 5 heteroatoms. The topological polar surface area (TPSA) is 59.0 Å². The van der Waals surface area contributed by atoms with E-state index < -0.39 is 11.9 Å². The Morgan fingerprint density at radius 1 is 1.04 bits per heavy atom. The molecule has 142 valence electrons. The van der Waals surface area contributed by atoms with Crippen molar-refractivity contribution in [2.75, 3.05) is 31.2 Å². The number of carbonyl (C=O) groups is 1. The van der Waals surface area contributed by atoms with Crippen molar-refractivity contribution in [2.24, 2.45) is 5.92 Å². The minimum atomic E-state index is -0.735. The predicted molar refractivity (Wildman–Crippen MR) is 103 cm³/mol. The van der Waals surface area contributed by atoms with E-state index >= 15 is 0 Å². The van der Waals surface area contributed by atoms with Crippen molar-refractivity contribution in [3.8, 4) is 5.75 Å². The molecule has 2 atom stereocenters. The van der Waals surface area contributed by atoms with Gasteiger partial charge < -0.3 is 19.5 Å². The lowest BCUT2D eigenvalue weighted by atomic mass is 9.89. The first kappa shape index (κ1) is 17.9. The second kappa shape index (κ2) is 8.01. The maximum atomic E-state index is 11.8. The number of aliphatic carboxylic acids is 1. The molecule has 0 amide bonds. The number of carboxylic acid groups (broad SMARTS) is 1. The number of nitrogens with zero attached hydrogens (tertiary/aromatic N) is 1. The molecule has 2 aromatic carbocycles. The van der Waals surface area contributed by atoms with Crippen LogP contribution in [0.4, 0.5) is 5.69 Å². The summed E-state index contributed by atoms with van der Waals surface area (Å²) in [5, 5.41) is 9.72. The third-order valence-electron chi connectivity index (χ3n) is 5.52. The summed E-state index contributed by atoms with van der Waals surface area (Å²) < 4.78 is 11.5. The maximum absolute atomic E-state index is 11.8. The van der Waals surface area contributed by atoms with Crippen LogP contribution >= 0.6 is 0 Å². The van der Waals surface area contributed by atoms with Gasteiger partial charge in [0.2, 0.25) is 0 Å². The number of rotatable bonds is 5. The van der Waals surface area contributed by atoms with Gasteiger partial charge in [0.25, 0.3) is 0 Å². The Morgan fingerprint density at radius 3 is 2.56 bits per heavy atom. The van der Waals surface area contributed by atoms with E-state index in [2.05, 4.69) is 4.90 Å². The smallest absolute Gasteiger partial charge is 0.308 e. The molecule has 2 saturated heterocycles. The number of anilines is 1. The fourth-order valence-electron chi connectivity index (χ4n) is 4.04. The summed E-state index contributed by atoms with van der Waals surface area (Å²) >= 11 is 0. The summed E-state index contributed by atoms with van der Waals surface area (Å²) in [6, 6.07) is 18.0. The summed E-state index contributed by atoms with van der Waals surface area (Å²) in [7, 11) is 0. The molecule has 0 saturated carbocycles. The lowest BCUT2D eigenvalue weighted by Gasteiger charge is -2.24. The van der Waals surface area contributed by atoms with Gasteiger partial charge in [-0.2, -0.15) is 0 Å². The molecule has 2 unspecified atom stereocenters. The molecule has 4 rings (SSSR count). The number of hydrogen-bond acceptors (Lipinski definition) is 4. The van der Waals surface area contributed by atoms with E-state index in [-0.39, 0.29) is 12.0 Å². The lowest BCUT2D eigenvalue weighted by Crippen LogP contribution is -2.26. The third-order valence-corrected chi connectivity index (χ3v) is 5.52. The van der Waals surface area contributed by atoms with Gasteiger partial charge in [-0.25, -0.2) is 0 Å². The van der Waals surface area contributed by atoms with Crippen molar-refractivity contribution in [3.63, 3.8) is 0 Å². The Bertz CT molecular complexity index is 773. The van der Waals surface area contributed by atoms with Crippen molar-refractivity contribution < 1.29 is 19.4 Å². The molecule has 0 aromatic heterocycles. The highest BCUT2D eigenvalue weighted by Gasteiger charge is 2.38. The molecule has 5 nitrogen and oxygen atoms in total. The van der Waals surface area contributed by atoms with Crippen LogP contribution in [0.2, 0.25) is 0 Å². The lowest BCUT2D eigenvalue weighted by molar-refractivity contribution is -0.141. The van der Waals surface area contributed by atoms with Crippen LogP contribution < -0.4 is 9.64 Å². The first-order valence-corrected chi connectivity index (χ1v) is 9.58. The summed E-state index contributed by atoms with van der Waals surface area (Å²) in [4.78, 5) is 14.0. The zero-order valence-electron chi connectivity index (χ0n) is 15.3. The largest absolute Gasteiger partial charge is 0.490 e. The van der Waals surface area contributed by atoms with E-state index in [0.717, 1.165) is 43.1 Å². The number of benzene rings is 2. The Balaban J connectivity index is 1.51. The van der Waals surface area contributed by atoms with E-state index in [1.807, 2.05) is 54.6 Å². The summed E-state index contributed by atoms with van der Waals surface area (Å²) in [5.74, 6) is -0.313. The van der Waals surface area contributed by atoms with Crippen LogP contribution in [0.25, 0.3) is 0 Å². The second-order valence-electron chi connectivity index (χ2n) is 7.29. The van der Waals surface area contributed by atoms with Crippen molar-refractivity contribution in [2.45, 2.75) is 24.9 Å². The Hall–Kier alpha value is -2.53. The van der Waals surface area contributed by atoms with E-state index in [0.29, 0.717) is 13.1 Å². The van der Waals surface area contributed by atoms with Gasteiger partial charge in [-0.15, -0.1) is 0 Å². The summed E-state index contributed by atoms with van der Waals surface area (Å²) in [5.41, 5.74) is 2.10. The number of hydrogen-bond donors (Lipinski definition) is 1. The molecule has 2 aliphatic rings. The predicted octanol–water partition coefficient (Wildman–Crippen LogP) is 3.55. The van der Waals surface area contributed by atoms with Gasteiger partial charge in [-0.1, -0.05) is 36.4 Å². The monoisotopic (exact) mass is 367 g/mol. The highest BCUT2D eigenvalue weighted by molar-refractivity contribution is 5.74. The normalized spacial score (nSPS) is 23.3. The molecule has 2 heterocycles. The minimum Gasteiger partial charge on any atom is -0.490 e.